The van der Waals surface area contributed by atoms with Gasteiger partial charge in [-0.1, -0.05) is 24.3 Å². The predicted molar refractivity (Wildman–Crippen MR) is 110 cm³/mol. The minimum Gasteiger partial charge on any atom is -0.483 e. The third-order valence-corrected chi connectivity index (χ3v) is 6.25. The van der Waals surface area contributed by atoms with Gasteiger partial charge in [-0.3, -0.25) is 4.79 Å². The van der Waals surface area contributed by atoms with Crippen molar-refractivity contribution in [3.05, 3.63) is 52.8 Å². The summed E-state index contributed by atoms with van der Waals surface area (Å²) in [5.41, 5.74) is 6.55. The van der Waals surface area contributed by atoms with E-state index in [1.165, 1.54) is 11.1 Å². The van der Waals surface area contributed by atoms with Crippen molar-refractivity contribution in [2.45, 2.75) is 45.6 Å². The fourth-order valence-corrected chi connectivity index (χ4v) is 4.59. The summed E-state index contributed by atoms with van der Waals surface area (Å²) in [6, 6.07) is 10.6. The molecule has 2 aliphatic heterocycles. The number of amides is 1. The van der Waals surface area contributed by atoms with Crippen molar-refractivity contribution in [2.75, 3.05) is 11.4 Å². The van der Waals surface area contributed by atoms with E-state index in [1.54, 1.807) is 0 Å². The molecule has 0 saturated carbocycles. The number of hydrogen-bond acceptors (Lipinski definition) is 3. The van der Waals surface area contributed by atoms with E-state index in [1.807, 2.05) is 18.9 Å². The molecule has 5 heteroatoms. The van der Waals surface area contributed by atoms with Gasteiger partial charge in [-0.05, 0) is 50.3 Å². The Balaban J connectivity index is 1.69. The van der Waals surface area contributed by atoms with E-state index >= 15 is 0 Å². The van der Waals surface area contributed by atoms with Gasteiger partial charge >= 0.3 is 0 Å². The molecule has 1 amide bonds. The van der Waals surface area contributed by atoms with E-state index in [0.717, 1.165) is 59.7 Å². The van der Waals surface area contributed by atoms with E-state index in [4.69, 9.17) is 9.72 Å². The van der Waals surface area contributed by atoms with Crippen LogP contribution in [-0.2, 0) is 18.3 Å². The van der Waals surface area contributed by atoms with Gasteiger partial charge < -0.3 is 14.2 Å². The minimum atomic E-state index is 0.0174. The smallest absolute Gasteiger partial charge is 0.227 e. The molecule has 28 heavy (non-hydrogen) atoms. The molecule has 2 aliphatic rings. The predicted octanol–water partition coefficient (Wildman–Crippen LogP) is 4.38. The van der Waals surface area contributed by atoms with Gasteiger partial charge in [-0.15, -0.1) is 0 Å². The van der Waals surface area contributed by atoms with E-state index < -0.39 is 0 Å². The van der Waals surface area contributed by atoms with Crippen LogP contribution in [0.5, 0.6) is 5.75 Å². The number of benzene rings is 2. The van der Waals surface area contributed by atoms with Gasteiger partial charge in [-0.25, -0.2) is 4.98 Å². The van der Waals surface area contributed by atoms with Crippen molar-refractivity contribution in [1.82, 2.24) is 9.55 Å². The minimum absolute atomic E-state index is 0.0174. The second-order valence-electron chi connectivity index (χ2n) is 7.94. The van der Waals surface area contributed by atoms with Crippen LogP contribution in [0.25, 0.3) is 11.0 Å². The molecule has 1 saturated heterocycles. The highest BCUT2D eigenvalue weighted by Gasteiger charge is 2.32. The molecule has 0 bridgehead atoms. The van der Waals surface area contributed by atoms with Crippen LogP contribution in [-0.4, -0.2) is 22.0 Å². The van der Waals surface area contributed by atoms with E-state index in [0.29, 0.717) is 6.42 Å². The van der Waals surface area contributed by atoms with Crippen LogP contribution >= 0.6 is 0 Å². The van der Waals surface area contributed by atoms with Crippen molar-refractivity contribution in [1.29, 1.82) is 0 Å². The van der Waals surface area contributed by atoms with Crippen molar-refractivity contribution in [3.8, 4) is 5.75 Å². The highest BCUT2D eigenvalue weighted by Crippen LogP contribution is 2.45. The van der Waals surface area contributed by atoms with Gasteiger partial charge in [0.25, 0.3) is 0 Å². The van der Waals surface area contributed by atoms with Crippen LogP contribution < -0.4 is 9.64 Å². The number of aryl methyl sites for hydroxylation is 3. The maximum Gasteiger partial charge on any atom is 0.227 e. The Morgan fingerprint density at radius 3 is 2.75 bits per heavy atom. The Hall–Kier alpha value is -2.82. The fourth-order valence-electron chi connectivity index (χ4n) is 4.59. The van der Waals surface area contributed by atoms with Crippen molar-refractivity contribution in [2.24, 2.45) is 7.05 Å². The average molecular weight is 375 g/mol. The summed E-state index contributed by atoms with van der Waals surface area (Å²) in [6.45, 7) is 4.93. The molecule has 1 atom stereocenters. The summed E-state index contributed by atoms with van der Waals surface area (Å²) in [7, 11) is 2.02. The largest absolute Gasteiger partial charge is 0.483 e. The highest BCUT2D eigenvalue weighted by molar-refractivity contribution is 6.00. The molecule has 0 spiro atoms. The summed E-state index contributed by atoms with van der Waals surface area (Å²) in [5, 5.41) is 0. The standard InChI is InChI=1S/C23H25N3O2/c1-14-7-4-5-8-16(14)20-11-10-17-18(26-12-6-9-21(26)27)13-19-22(23(17)28-20)24-15(2)25(19)3/h4-5,7-8,13,20H,6,9-12H2,1-3H3/t20-/m0/s1. The van der Waals surface area contributed by atoms with Crippen LogP contribution in [0.3, 0.4) is 0 Å². The van der Waals surface area contributed by atoms with Crippen molar-refractivity contribution in [3.63, 3.8) is 0 Å². The number of imidazole rings is 1. The maximum atomic E-state index is 12.5. The second-order valence-corrected chi connectivity index (χ2v) is 7.94. The van der Waals surface area contributed by atoms with Gasteiger partial charge in [0.05, 0.1) is 11.2 Å². The van der Waals surface area contributed by atoms with Crippen LogP contribution in [0, 0.1) is 13.8 Å². The normalized spacial score (nSPS) is 19.2. The number of carbonyl (C=O) groups is 1. The van der Waals surface area contributed by atoms with Crippen molar-refractivity contribution < 1.29 is 9.53 Å². The van der Waals surface area contributed by atoms with Crippen LogP contribution in [0.2, 0.25) is 0 Å². The lowest BCUT2D eigenvalue weighted by molar-refractivity contribution is -0.117. The van der Waals surface area contributed by atoms with Crippen LogP contribution in [0.15, 0.2) is 30.3 Å². The first kappa shape index (κ1) is 17.3. The number of carbonyl (C=O) groups excluding carboxylic acids is 1. The quantitative estimate of drug-likeness (QED) is 0.668. The molecule has 3 aromatic rings. The van der Waals surface area contributed by atoms with Gasteiger partial charge in [0.2, 0.25) is 5.91 Å². The maximum absolute atomic E-state index is 12.5. The summed E-state index contributed by atoms with van der Waals surface area (Å²) in [5.74, 6) is 2.01. The Morgan fingerprint density at radius 1 is 1.18 bits per heavy atom. The Bertz CT molecular complexity index is 1100. The SMILES string of the molecule is Cc1ccccc1[C@@H]1CCc2c(N3CCCC3=O)cc3c(nc(C)n3C)c2O1. The number of aromatic nitrogens is 2. The number of nitrogens with zero attached hydrogens (tertiary/aromatic N) is 3. The topological polar surface area (TPSA) is 47.4 Å². The number of fused-ring (bicyclic) bond motifs is 3. The van der Waals surface area contributed by atoms with Crippen LogP contribution in [0.4, 0.5) is 5.69 Å². The molecule has 144 valence electrons. The second kappa shape index (κ2) is 6.36. The molecule has 0 N–H and O–H groups in total. The number of ether oxygens (including phenoxy) is 1. The molecular weight excluding hydrogens is 350 g/mol. The van der Waals surface area contributed by atoms with Crippen molar-refractivity contribution >= 4 is 22.6 Å². The van der Waals surface area contributed by atoms with Gasteiger partial charge in [0, 0.05) is 25.6 Å². The molecular formula is C23H25N3O2. The first-order chi connectivity index (χ1) is 13.5. The zero-order chi connectivity index (χ0) is 19.4. The molecule has 5 rings (SSSR count). The van der Waals surface area contributed by atoms with Gasteiger partial charge in [0.1, 0.15) is 17.4 Å². The molecule has 1 fully saturated rings. The molecule has 1 aromatic heterocycles. The zero-order valence-corrected chi connectivity index (χ0v) is 16.7. The van der Waals surface area contributed by atoms with Gasteiger partial charge in [-0.2, -0.15) is 0 Å². The lowest BCUT2D eigenvalue weighted by Gasteiger charge is -2.31. The molecule has 2 aromatic carbocycles. The number of rotatable bonds is 2. The highest BCUT2D eigenvalue weighted by atomic mass is 16.5. The molecule has 0 aliphatic carbocycles. The lowest BCUT2D eigenvalue weighted by atomic mass is 9.93. The molecule has 0 radical (unpaired) electrons. The lowest BCUT2D eigenvalue weighted by Crippen LogP contribution is -2.27. The van der Waals surface area contributed by atoms with Crippen LogP contribution in [0.1, 0.15) is 47.9 Å². The molecule has 3 heterocycles. The monoisotopic (exact) mass is 375 g/mol. The van der Waals surface area contributed by atoms with Gasteiger partial charge in [0.15, 0.2) is 5.75 Å². The zero-order valence-electron chi connectivity index (χ0n) is 16.7. The molecule has 5 nitrogen and oxygen atoms in total. The Kier molecular flexibility index (Phi) is 3.93. The average Bonchev–Trinajstić information content (AvgIpc) is 3.25. The summed E-state index contributed by atoms with van der Waals surface area (Å²) in [4.78, 5) is 19.2. The summed E-state index contributed by atoms with van der Waals surface area (Å²) >= 11 is 0. The Morgan fingerprint density at radius 2 is 2.00 bits per heavy atom. The Labute approximate surface area is 164 Å². The van der Waals surface area contributed by atoms with E-state index in [9.17, 15) is 4.79 Å². The first-order valence-electron chi connectivity index (χ1n) is 10.1. The fraction of sp³-hybridized carbons (Fsp3) is 0.391. The number of anilines is 1. The third kappa shape index (κ3) is 2.53. The van der Waals surface area contributed by atoms with E-state index in [2.05, 4.69) is 41.8 Å². The van der Waals surface area contributed by atoms with E-state index in [-0.39, 0.29) is 12.0 Å². The molecule has 0 unspecified atom stereocenters. The number of hydrogen-bond donors (Lipinski definition) is 0. The third-order valence-electron chi connectivity index (χ3n) is 6.25. The summed E-state index contributed by atoms with van der Waals surface area (Å²) < 4.78 is 8.69. The first-order valence-corrected chi connectivity index (χ1v) is 10.1. The summed E-state index contributed by atoms with van der Waals surface area (Å²) in [6.07, 6.45) is 3.36.